The Morgan fingerprint density at radius 2 is 1.68 bits per heavy atom. The molecule has 0 spiro atoms. The smallest absolute Gasteiger partial charge is 0.274 e. The van der Waals surface area contributed by atoms with Crippen LogP contribution in [0.3, 0.4) is 0 Å². The normalized spacial score (nSPS) is 10.2. The molecule has 4 heteroatoms. The van der Waals surface area contributed by atoms with E-state index >= 15 is 0 Å². The first kappa shape index (κ1) is 13.6. The van der Waals surface area contributed by atoms with Crippen LogP contribution >= 0.6 is 11.8 Å². The second kappa shape index (κ2) is 6.41. The largest absolute Gasteiger partial charge is 0.278 e. The zero-order chi connectivity index (χ0) is 13.7. The summed E-state index contributed by atoms with van der Waals surface area (Å²) in [7, 11) is 3.08. The summed E-state index contributed by atoms with van der Waals surface area (Å²) in [4.78, 5) is 19.1. The molecule has 2 rings (SSSR count). The molecule has 2 aromatic rings. The Bertz CT molecular complexity index is 557. The van der Waals surface area contributed by atoms with Crippen molar-refractivity contribution in [2.24, 2.45) is 0 Å². The molecule has 0 saturated carbocycles. The SMILES string of the molecule is CON(C)C(=O)c1ccccc1Sc1ccccc1. The predicted octanol–water partition coefficient (Wildman–Crippen LogP) is 3.47. The van der Waals surface area contributed by atoms with Crippen LogP contribution in [-0.4, -0.2) is 25.1 Å². The van der Waals surface area contributed by atoms with Crippen molar-refractivity contribution in [3.8, 4) is 0 Å². The van der Waals surface area contributed by atoms with E-state index in [1.165, 1.54) is 12.2 Å². The molecule has 2 aromatic carbocycles. The summed E-state index contributed by atoms with van der Waals surface area (Å²) < 4.78 is 0. The van der Waals surface area contributed by atoms with Gasteiger partial charge in [0.15, 0.2) is 0 Å². The van der Waals surface area contributed by atoms with Gasteiger partial charge in [0.1, 0.15) is 0 Å². The van der Waals surface area contributed by atoms with Crippen LogP contribution in [0.2, 0.25) is 0 Å². The number of nitrogens with zero attached hydrogens (tertiary/aromatic N) is 1. The lowest BCUT2D eigenvalue weighted by Gasteiger charge is -2.15. The maximum absolute atomic E-state index is 12.2. The molecule has 0 fully saturated rings. The molecular weight excluding hydrogens is 258 g/mol. The van der Waals surface area contributed by atoms with Gasteiger partial charge in [-0.3, -0.25) is 9.63 Å². The topological polar surface area (TPSA) is 29.5 Å². The van der Waals surface area contributed by atoms with Crippen LogP contribution in [0.1, 0.15) is 10.4 Å². The van der Waals surface area contributed by atoms with E-state index in [-0.39, 0.29) is 5.91 Å². The van der Waals surface area contributed by atoms with Gasteiger partial charge in [-0.2, -0.15) is 0 Å². The van der Waals surface area contributed by atoms with E-state index in [9.17, 15) is 4.79 Å². The van der Waals surface area contributed by atoms with Crippen molar-refractivity contribution in [3.05, 3.63) is 60.2 Å². The molecule has 0 N–H and O–H groups in total. The summed E-state index contributed by atoms with van der Waals surface area (Å²) in [6.45, 7) is 0. The third kappa shape index (κ3) is 3.36. The highest BCUT2D eigenvalue weighted by atomic mass is 32.2. The van der Waals surface area contributed by atoms with Gasteiger partial charge >= 0.3 is 0 Å². The quantitative estimate of drug-likeness (QED) is 0.799. The summed E-state index contributed by atoms with van der Waals surface area (Å²) in [5.74, 6) is -0.151. The van der Waals surface area contributed by atoms with Crippen LogP contribution in [0.4, 0.5) is 0 Å². The van der Waals surface area contributed by atoms with Crippen molar-refractivity contribution in [2.75, 3.05) is 14.2 Å². The van der Waals surface area contributed by atoms with Gasteiger partial charge < -0.3 is 0 Å². The first-order valence-corrected chi connectivity index (χ1v) is 6.68. The molecule has 98 valence electrons. The number of hydroxylamine groups is 2. The number of benzene rings is 2. The Labute approximate surface area is 117 Å². The van der Waals surface area contributed by atoms with Crippen molar-refractivity contribution in [1.82, 2.24) is 5.06 Å². The monoisotopic (exact) mass is 273 g/mol. The van der Waals surface area contributed by atoms with E-state index in [0.29, 0.717) is 5.56 Å². The summed E-state index contributed by atoms with van der Waals surface area (Å²) in [6.07, 6.45) is 0. The Balaban J connectivity index is 2.29. The average Bonchev–Trinajstić information content (AvgIpc) is 2.47. The van der Waals surface area contributed by atoms with Crippen LogP contribution in [0.25, 0.3) is 0 Å². The van der Waals surface area contributed by atoms with Crippen LogP contribution in [-0.2, 0) is 4.84 Å². The van der Waals surface area contributed by atoms with Crippen molar-refractivity contribution in [1.29, 1.82) is 0 Å². The van der Waals surface area contributed by atoms with Gasteiger partial charge in [-0.1, -0.05) is 42.1 Å². The molecule has 0 atom stereocenters. The summed E-state index contributed by atoms with van der Waals surface area (Å²) in [6, 6.07) is 17.5. The number of carbonyl (C=O) groups excluding carboxylic acids is 1. The zero-order valence-corrected chi connectivity index (χ0v) is 11.7. The van der Waals surface area contributed by atoms with Gasteiger partial charge in [0, 0.05) is 16.8 Å². The number of amides is 1. The highest BCUT2D eigenvalue weighted by molar-refractivity contribution is 7.99. The zero-order valence-electron chi connectivity index (χ0n) is 10.9. The van der Waals surface area contributed by atoms with E-state index in [0.717, 1.165) is 9.79 Å². The number of rotatable bonds is 4. The lowest BCUT2D eigenvalue weighted by molar-refractivity contribution is -0.0759. The van der Waals surface area contributed by atoms with Gasteiger partial charge in [0.05, 0.1) is 12.7 Å². The summed E-state index contributed by atoms with van der Waals surface area (Å²) in [5.41, 5.74) is 0.640. The minimum absolute atomic E-state index is 0.151. The number of hydrogen-bond acceptors (Lipinski definition) is 3. The summed E-state index contributed by atoms with van der Waals surface area (Å²) in [5, 5.41) is 1.23. The second-order valence-electron chi connectivity index (χ2n) is 3.90. The third-order valence-electron chi connectivity index (χ3n) is 2.65. The summed E-state index contributed by atoms with van der Waals surface area (Å²) >= 11 is 1.57. The molecule has 3 nitrogen and oxygen atoms in total. The molecule has 0 aliphatic carbocycles. The van der Waals surface area contributed by atoms with E-state index in [1.807, 2.05) is 54.6 Å². The average molecular weight is 273 g/mol. The number of hydrogen-bond donors (Lipinski definition) is 0. The van der Waals surface area contributed by atoms with E-state index in [2.05, 4.69) is 0 Å². The molecule has 19 heavy (non-hydrogen) atoms. The second-order valence-corrected chi connectivity index (χ2v) is 5.01. The molecular formula is C15H15NO2S. The van der Waals surface area contributed by atoms with Crippen LogP contribution in [0.5, 0.6) is 0 Å². The Kier molecular flexibility index (Phi) is 4.60. The Morgan fingerprint density at radius 1 is 1.05 bits per heavy atom. The molecule has 0 bridgehead atoms. The first-order chi connectivity index (χ1) is 9.22. The number of carbonyl (C=O) groups is 1. The molecule has 0 unspecified atom stereocenters. The van der Waals surface area contributed by atoms with Crippen molar-refractivity contribution in [3.63, 3.8) is 0 Å². The van der Waals surface area contributed by atoms with Crippen molar-refractivity contribution < 1.29 is 9.63 Å². The fourth-order valence-electron chi connectivity index (χ4n) is 1.60. The van der Waals surface area contributed by atoms with Crippen LogP contribution in [0.15, 0.2) is 64.4 Å². The van der Waals surface area contributed by atoms with Gasteiger partial charge in [-0.15, -0.1) is 0 Å². The molecule has 0 aliphatic heterocycles. The first-order valence-electron chi connectivity index (χ1n) is 5.86. The standard InChI is InChI=1S/C15H15NO2S/c1-16(18-2)15(17)13-10-6-7-11-14(13)19-12-8-4-3-5-9-12/h3-11H,1-2H3. The fourth-order valence-corrected chi connectivity index (χ4v) is 2.56. The van der Waals surface area contributed by atoms with Gasteiger partial charge in [-0.05, 0) is 24.3 Å². The lowest BCUT2D eigenvalue weighted by atomic mass is 10.2. The van der Waals surface area contributed by atoms with E-state index < -0.39 is 0 Å². The maximum atomic E-state index is 12.2. The van der Waals surface area contributed by atoms with Gasteiger partial charge in [-0.25, -0.2) is 5.06 Å². The highest BCUT2D eigenvalue weighted by Gasteiger charge is 2.15. The Morgan fingerprint density at radius 3 is 2.37 bits per heavy atom. The highest BCUT2D eigenvalue weighted by Crippen LogP contribution is 2.30. The predicted molar refractivity (Wildman–Crippen MR) is 76.1 cm³/mol. The third-order valence-corrected chi connectivity index (χ3v) is 3.73. The minimum Gasteiger partial charge on any atom is -0.274 e. The van der Waals surface area contributed by atoms with Gasteiger partial charge in [0.2, 0.25) is 0 Å². The molecule has 0 radical (unpaired) electrons. The van der Waals surface area contributed by atoms with Crippen LogP contribution in [0, 0.1) is 0 Å². The van der Waals surface area contributed by atoms with Crippen LogP contribution < -0.4 is 0 Å². The van der Waals surface area contributed by atoms with E-state index in [1.54, 1.807) is 18.8 Å². The lowest BCUT2D eigenvalue weighted by Crippen LogP contribution is -2.25. The molecule has 0 aliphatic rings. The molecule has 0 aromatic heterocycles. The molecule has 1 amide bonds. The van der Waals surface area contributed by atoms with E-state index in [4.69, 9.17) is 4.84 Å². The van der Waals surface area contributed by atoms with Crippen molar-refractivity contribution in [2.45, 2.75) is 9.79 Å². The Hall–Kier alpha value is -1.78. The fraction of sp³-hybridized carbons (Fsp3) is 0.133. The van der Waals surface area contributed by atoms with Gasteiger partial charge in [0.25, 0.3) is 5.91 Å². The van der Waals surface area contributed by atoms with Crippen molar-refractivity contribution >= 4 is 17.7 Å². The molecule has 0 saturated heterocycles. The molecule has 0 heterocycles. The minimum atomic E-state index is -0.151. The maximum Gasteiger partial charge on any atom is 0.278 e.